The molecule has 1 aromatic heterocycles. The van der Waals surface area contributed by atoms with Crippen LogP contribution >= 0.6 is 0 Å². The van der Waals surface area contributed by atoms with E-state index in [1.165, 1.54) is 10.9 Å². The van der Waals surface area contributed by atoms with Crippen LogP contribution < -0.4 is 5.32 Å². The normalized spacial score (nSPS) is 28.9. The zero-order valence-corrected chi connectivity index (χ0v) is 12.7. The van der Waals surface area contributed by atoms with Gasteiger partial charge >= 0.3 is 0 Å². The van der Waals surface area contributed by atoms with Crippen molar-refractivity contribution in [2.24, 2.45) is 12.5 Å². The van der Waals surface area contributed by atoms with E-state index in [2.05, 4.69) is 10.4 Å². The second-order valence-electron chi connectivity index (χ2n) is 6.02. The van der Waals surface area contributed by atoms with Crippen molar-refractivity contribution in [3.05, 3.63) is 12.3 Å². The van der Waals surface area contributed by atoms with Crippen LogP contribution in [0.15, 0.2) is 17.3 Å². The maximum atomic E-state index is 12.7. The molecule has 3 heterocycles. The molecule has 1 unspecified atom stereocenters. The standard InChI is InChI=1S/C13H22N4O2S/c1-16-12(4-8-15-16)20(18,19)17-9-3-6-13(11-17)5-2-7-14-10-13/h4,8,14H,2-3,5-7,9-11H2,1H3. The molecule has 2 aliphatic heterocycles. The minimum Gasteiger partial charge on any atom is -0.316 e. The van der Waals surface area contributed by atoms with Gasteiger partial charge in [0.1, 0.15) is 0 Å². The number of hydrogen-bond acceptors (Lipinski definition) is 4. The monoisotopic (exact) mass is 298 g/mol. The average molecular weight is 298 g/mol. The van der Waals surface area contributed by atoms with Crippen molar-refractivity contribution in [3.8, 4) is 0 Å². The van der Waals surface area contributed by atoms with Crippen LogP contribution in [0.3, 0.4) is 0 Å². The quantitative estimate of drug-likeness (QED) is 0.867. The highest BCUT2D eigenvalue weighted by molar-refractivity contribution is 7.89. The number of nitrogens with zero attached hydrogens (tertiary/aromatic N) is 3. The van der Waals surface area contributed by atoms with Crippen molar-refractivity contribution in [3.63, 3.8) is 0 Å². The largest absolute Gasteiger partial charge is 0.316 e. The zero-order chi connectivity index (χ0) is 14.2. The highest BCUT2D eigenvalue weighted by Gasteiger charge is 2.41. The van der Waals surface area contributed by atoms with Gasteiger partial charge in [-0.15, -0.1) is 0 Å². The van der Waals surface area contributed by atoms with Crippen LogP contribution in [0.4, 0.5) is 0 Å². The third-order valence-electron chi connectivity index (χ3n) is 4.57. The fraction of sp³-hybridized carbons (Fsp3) is 0.769. The summed E-state index contributed by atoms with van der Waals surface area (Å²) in [5.74, 6) is 0. The van der Waals surface area contributed by atoms with Crippen LogP contribution in [-0.2, 0) is 17.1 Å². The van der Waals surface area contributed by atoms with Crippen molar-refractivity contribution in [1.29, 1.82) is 0 Å². The lowest BCUT2D eigenvalue weighted by Gasteiger charge is -2.44. The summed E-state index contributed by atoms with van der Waals surface area (Å²) in [7, 11) is -1.74. The Morgan fingerprint density at radius 3 is 2.80 bits per heavy atom. The van der Waals surface area contributed by atoms with Crippen molar-refractivity contribution in [1.82, 2.24) is 19.4 Å². The molecule has 0 amide bonds. The minimum atomic E-state index is -3.42. The fourth-order valence-corrected chi connectivity index (χ4v) is 5.19. The highest BCUT2D eigenvalue weighted by Crippen LogP contribution is 2.37. The lowest BCUT2D eigenvalue weighted by atomic mass is 9.75. The molecule has 7 heteroatoms. The van der Waals surface area contributed by atoms with E-state index in [0.29, 0.717) is 18.1 Å². The van der Waals surface area contributed by atoms with Crippen molar-refractivity contribution < 1.29 is 8.42 Å². The van der Waals surface area contributed by atoms with Gasteiger partial charge in [0.05, 0.1) is 6.20 Å². The van der Waals surface area contributed by atoms with Crippen molar-refractivity contribution >= 4 is 10.0 Å². The number of piperidine rings is 2. The maximum Gasteiger partial charge on any atom is 0.260 e. The van der Waals surface area contributed by atoms with Gasteiger partial charge in [-0.1, -0.05) is 0 Å². The molecule has 2 aliphatic rings. The van der Waals surface area contributed by atoms with Crippen LogP contribution in [0, 0.1) is 5.41 Å². The summed E-state index contributed by atoms with van der Waals surface area (Å²) in [6, 6.07) is 1.58. The van der Waals surface area contributed by atoms with E-state index >= 15 is 0 Å². The maximum absolute atomic E-state index is 12.7. The van der Waals surface area contributed by atoms with Gasteiger partial charge in [-0.05, 0) is 43.7 Å². The van der Waals surface area contributed by atoms with Gasteiger partial charge in [-0.2, -0.15) is 9.40 Å². The van der Waals surface area contributed by atoms with Crippen LogP contribution in [0.5, 0.6) is 0 Å². The fourth-order valence-electron chi connectivity index (χ4n) is 3.49. The van der Waals surface area contributed by atoms with E-state index < -0.39 is 10.0 Å². The molecule has 1 atom stereocenters. The van der Waals surface area contributed by atoms with Gasteiger partial charge in [0.25, 0.3) is 10.0 Å². The predicted octanol–water partition coefficient (Wildman–Crippen LogP) is 0.574. The first-order valence-corrected chi connectivity index (χ1v) is 8.66. The Labute approximate surface area is 120 Å². The molecule has 1 N–H and O–H groups in total. The molecule has 6 nitrogen and oxygen atoms in total. The van der Waals surface area contributed by atoms with Crippen LogP contribution in [0.2, 0.25) is 0 Å². The Morgan fingerprint density at radius 2 is 2.15 bits per heavy atom. The summed E-state index contributed by atoms with van der Waals surface area (Å²) in [4.78, 5) is 0. The summed E-state index contributed by atoms with van der Waals surface area (Å²) in [5, 5.41) is 7.69. The average Bonchev–Trinajstić information content (AvgIpc) is 2.87. The second kappa shape index (κ2) is 5.13. The minimum absolute atomic E-state index is 0.127. The summed E-state index contributed by atoms with van der Waals surface area (Å²) in [6.07, 6.45) is 5.86. The molecule has 0 saturated carbocycles. The number of aryl methyl sites for hydroxylation is 1. The first kappa shape index (κ1) is 14.0. The molecule has 1 aromatic rings. The summed E-state index contributed by atoms with van der Waals surface area (Å²) in [6.45, 7) is 3.24. The van der Waals surface area contributed by atoms with E-state index in [1.807, 2.05) is 0 Å². The van der Waals surface area contributed by atoms with E-state index in [0.717, 1.165) is 38.8 Å². The molecule has 0 aromatic carbocycles. The first-order valence-electron chi connectivity index (χ1n) is 7.22. The molecule has 1 spiro atoms. The molecule has 2 saturated heterocycles. The number of rotatable bonds is 2. The number of sulfonamides is 1. The third-order valence-corrected chi connectivity index (χ3v) is 6.49. The van der Waals surface area contributed by atoms with Crippen molar-refractivity contribution in [2.45, 2.75) is 30.7 Å². The molecule has 3 rings (SSSR count). The van der Waals surface area contributed by atoms with Gasteiger partial charge in [-0.25, -0.2) is 8.42 Å². The number of nitrogens with one attached hydrogen (secondary N) is 1. The van der Waals surface area contributed by atoms with Crippen LogP contribution in [0.25, 0.3) is 0 Å². The van der Waals surface area contributed by atoms with E-state index in [-0.39, 0.29) is 5.41 Å². The molecule has 0 aliphatic carbocycles. The molecule has 0 radical (unpaired) electrons. The Morgan fingerprint density at radius 1 is 1.35 bits per heavy atom. The molecule has 112 valence electrons. The summed E-state index contributed by atoms with van der Waals surface area (Å²) >= 11 is 0. The van der Waals surface area contributed by atoms with E-state index in [9.17, 15) is 8.42 Å². The Balaban J connectivity index is 1.85. The molecular formula is C13H22N4O2S. The lowest BCUT2D eigenvalue weighted by Crippen LogP contribution is -2.52. The van der Waals surface area contributed by atoms with Gasteiger partial charge in [0.15, 0.2) is 5.03 Å². The number of aromatic nitrogens is 2. The second-order valence-corrected chi connectivity index (χ2v) is 7.90. The number of hydrogen-bond donors (Lipinski definition) is 1. The molecule has 2 fully saturated rings. The van der Waals surface area contributed by atoms with Crippen LogP contribution in [0.1, 0.15) is 25.7 Å². The molecular weight excluding hydrogens is 276 g/mol. The highest BCUT2D eigenvalue weighted by atomic mass is 32.2. The van der Waals surface area contributed by atoms with Gasteiger partial charge in [0.2, 0.25) is 0 Å². The Bertz CT molecular complexity index is 569. The van der Waals surface area contributed by atoms with Crippen molar-refractivity contribution in [2.75, 3.05) is 26.2 Å². The Kier molecular flexibility index (Phi) is 3.60. The predicted molar refractivity (Wildman–Crippen MR) is 75.7 cm³/mol. The molecule has 20 heavy (non-hydrogen) atoms. The van der Waals surface area contributed by atoms with E-state index in [1.54, 1.807) is 17.4 Å². The van der Waals surface area contributed by atoms with Crippen LogP contribution in [-0.4, -0.2) is 48.7 Å². The summed E-state index contributed by atoms with van der Waals surface area (Å²) in [5.41, 5.74) is 0.127. The van der Waals surface area contributed by atoms with Gasteiger partial charge in [0, 0.05) is 26.7 Å². The van der Waals surface area contributed by atoms with E-state index in [4.69, 9.17) is 0 Å². The zero-order valence-electron chi connectivity index (χ0n) is 11.9. The SMILES string of the molecule is Cn1nccc1S(=O)(=O)N1CCCC2(CCCNC2)C1. The molecule has 0 bridgehead atoms. The third kappa shape index (κ3) is 2.38. The first-order chi connectivity index (χ1) is 9.54. The van der Waals surface area contributed by atoms with Gasteiger partial charge in [-0.3, -0.25) is 4.68 Å². The topological polar surface area (TPSA) is 67.2 Å². The lowest BCUT2D eigenvalue weighted by molar-refractivity contribution is 0.110. The smallest absolute Gasteiger partial charge is 0.260 e. The van der Waals surface area contributed by atoms with Gasteiger partial charge < -0.3 is 5.32 Å². The summed E-state index contributed by atoms with van der Waals surface area (Å²) < 4.78 is 28.6. The Hall–Kier alpha value is -0.920.